The SMILES string of the molecule is CCN1CCc2c(sc(NC(=O)c3ccc(S(=O)(=O)N4CCC(C)CC4)cc3)c2C(=O)NC(N)=O)C1. The van der Waals surface area contributed by atoms with Gasteiger partial charge in [0.1, 0.15) is 5.00 Å². The number of likely N-dealkylation sites (N-methyl/N-ethyl adjacent to an activating group) is 1. The number of benzene rings is 1. The van der Waals surface area contributed by atoms with E-state index in [4.69, 9.17) is 5.73 Å². The van der Waals surface area contributed by atoms with Gasteiger partial charge in [0.15, 0.2) is 0 Å². The zero-order valence-electron chi connectivity index (χ0n) is 20.4. The number of hydrogen-bond donors (Lipinski definition) is 3. The van der Waals surface area contributed by atoms with Crippen molar-refractivity contribution in [3.63, 3.8) is 0 Å². The highest BCUT2D eigenvalue weighted by Gasteiger charge is 2.30. The van der Waals surface area contributed by atoms with Crippen molar-refractivity contribution in [2.45, 2.75) is 44.6 Å². The third-order valence-corrected chi connectivity index (χ3v) is 9.82. The predicted molar refractivity (Wildman–Crippen MR) is 138 cm³/mol. The number of carbonyl (C=O) groups excluding carboxylic acids is 3. The van der Waals surface area contributed by atoms with Crippen LogP contribution in [0.5, 0.6) is 0 Å². The molecule has 1 fully saturated rings. The highest BCUT2D eigenvalue weighted by Crippen LogP contribution is 2.37. The van der Waals surface area contributed by atoms with E-state index < -0.39 is 27.9 Å². The van der Waals surface area contributed by atoms with Crippen LogP contribution < -0.4 is 16.4 Å². The van der Waals surface area contributed by atoms with Crippen LogP contribution in [0, 0.1) is 5.92 Å². The lowest BCUT2D eigenvalue weighted by molar-refractivity contribution is 0.0965. The number of nitrogens with one attached hydrogen (secondary N) is 2. The maximum atomic E-state index is 13.0. The summed E-state index contributed by atoms with van der Waals surface area (Å²) in [6.07, 6.45) is 2.26. The van der Waals surface area contributed by atoms with Crippen LogP contribution in [-0.2, 0) is 23.0 Å². The van der Waals surface area contributed by atoms with Crippen LogP contribution in [0.2, 0.25) is 0 Å². The van der Waals surface area contributed by atoms with E-state index in [2.05, 4.69) is 29.4 Å². The second-order valence-electron chi connectivity index (χ2n) is 9.21. The van der Waals surface area contributed by atoms with E-state index in [0.29, 0.717) is 37.0 Å². The van der Waals surface area contributed by atoms with E-state index in [0.717, 1.165) is 36.4 Å². The van der Waals surface area contributed by atoms with Crippen LogP contribution in [0.4, 0.5) is 9.80 Å². The third-order valence-electron chi connectivity index (χ3n) is 6.77. The number of sulfonamides is 1. The average molecular weight is 534 g/mol. The van der Waals surface area contributed by atoms with Crippen molar-refractivity contribution in [1.82, 2.24) is 14.5 Å². The molecule has 0 atom stereocenters. The van der Waals surface area contributed by atoms with Gasteiger partial charge in [0.2, 0.25) is 10.0 Å². The summed E-state index contributed by atoms with van der Waals surface area (Å²) in [5.41, 5.74) is 6.46. The number of nitrogens with zero attached hydrogens (tertiary/aromatic N) is 2. The number of imide groups is 1. The summed E-state index contributed by atoms with van der Waals surface area (Å²) in [7, 11) is -3.62. The summed E-state index contributed by atoms with van der Waals surface area (Å²) < 4.78 is 27.4. The van der Waals surface area contributed by atoms with Crippen LogP contribution in [0.3, 0.4) is 0 Å². The second-order valence-corrected chi connectivity index (χ2v) is 12.3. The molecule has 0 bridgehead atoms. The van der Waals surface area contributed by atoms with Gasteiger partial charge < -0.3 is 11.1 Å². The van der Waals surface area contributed by atoms with Crippen molar-refractivity contribution >= 4 is 44.2 Å². The normalized spacial score (nSPS) is 17.4. The third kappa shape index (κ3) is 5.46. The lowest BCUT2D eigenvalue weighted by Crippen LogP contribution is -2.37. The molecule has 0 saturated carbocycles. The van der Waals surface area contributed by atoms with Crippen LogP contribution in [0.15, 0.2) is 29.2 Å². The lowest BCUT2D eigenvalue weighted by atomic mass is 10.0. The Hall–Kier alpha value is -2.80. The average Bonchev–Trinajstić information content (AvgIpc) is 3.20. The van der Waals surface area contributed by atoms with E-state index in [1.807, 2.05) is 0 Å². The van der Waals surface area contributed by atoms with E-state index in [1.165, 1.54) is 39.9 Å². The number of nitrogens with two attached hydrogens (primary N) is 1. The quantitative estimate of drug-likeness (QED) is 0.521. The van der Waals surface area contributed by atoms with Gasteiger partial charge in [-0.3, -0.25) is 19.8 Å². The molecule has 36 heavy (non-hydrogen) atoms. The molecular formula is C24H31N5O5S2. The van der Waals surface area contributed by atoms with Crippen molar-refractivity contribution < 1.29 is 22.8 Å². The summed E-state index contributed by atoms with van der Waals surface area (Å²) in [5.74, 6) is -0.632. The Morgan fingerprint density at radius 1 is 1.08 bits per heavy atom. The van der Waals surface area contributed by atoms with E-state index in [-0.39, 0.29) is 16.0 Å². The number of amides is 4. The number of carbonyl (C=O) groups is 3. The largest absolute Gasteiger partial charge is 0.351 e. The maximum Gasteiger partial charge on any atom is 0.319 e. The van der Waals surface area contributed by atoms with Crippen LogP contribution >= 0.6 is 11.3 Å². The molecule has 12 heteroatoms. The molecule has 4 N–H and O–H groups in total. The van der Waals surface area contributed by atoms with Gasteiger partial charge in [0.05, 0.1) is 10.5 Å². The van der Waals surface area contributed by atoms with E-state index >= 15 is 0 Å². The molecule has 0 radical (unpaired) electrons. The number of primary amides is 1. The first-order valence-corrected chi connectivity index (χ1v) is 14.2. The summed E-state index contributed by atoms with van der Waals surface area (Å²) in [5, 5.41) is 5.22. The Kier molecular flexibility index (Phi) is 7.79. The minimum atomic E-state index is -3.62. The standard InChI is InChI=1S/C24H31N5O5S2/c1-3-28-11-10-18-19(14-28)35-23(20(18)22(31)27-24(25)32)26-21(30)16-4-6-17(7-5-16)36(33,34)29-12-8-15(2)9-13-29/h4-7,15H,3,8-14H2,1-2H3,(H,26,30)(H3,25,27,31,32). The molecule has 10 nitrogen and oxygen atoms in total. The molecule has 3 heterocycles. The van der Waals surface area contributed by atoms with Crippen LogP contribution in [0.25, 0.3) is 0 Å². The van der Waals surface area contributed by atoms with Gasteiger partial charge in [-0.15, -0.1) is 11.3 Å². The number of anilines is 1. The Morgan fingerprint density at radius 2 is 1.75 bits per heavy atom. The molecule has 0 spiro atoms. The van der Waals surface area contributed by atoms with Gasteiger partial charge in [-0.05, 0) is 61.6 Å². The van der Waals surface area contributed by atoms with Gasteiger partial charge in [0.25, 0.3) is 11.8 Å². The summed E-state index contributed by atoms with van der Waals surface area (Å²) >= 11 is 1.30. The molecular weight excluding hydrogens is 502 g/mol. The van der Waals surface area contributed by atoms with Crippen molar-refractivity contribution in [1.29, 1.82) is 0 Å². The fraction of sp³-hybridized carbons (Fsp3) is 0.458. The van der Waals surface area contributed by atoms with Gasteiger partial charge in [-0.2, -0.15) is 4.31 Å². The fourth-order valence-electron chi connectivity index (χ4n) is 4.56. The molecule has 2 aromatic rings. The zero-order chi connectivity index (χ0) is 26.0. The van der Waals surface area contributed by atoms with E-state index in [9.17, 15) is 22.8 Å². The minimum absolute atomic E-state index is 0.140. The van der Waals surface area contributed by atoms with Gasteiger partial charge in [-0.1, -0.05) is 13.8 Å². The predicted octanol–water partition coefficient (Wildman–Crippen LogP) is 2.61. The van der Waals surface area contributed by atoms with Gasteiger partial charge in [0, 0.05) is 36.6 Å². The minimum Gasteiger partial charge on any atom is -0.351 e. The first-order chi connectivity index (χ1) is 17.1. The lowest BCUT2D eigenvalue weighted by Gasteiger charge is -2.29. The zero-order valence-corrected chi connectivity index (χ0v) is 22.0. The summed E-state index contributed by atoms with van der Waals surface area (Å²) in [6.45, 7) is 7.40. The second kappa shape index (κ2) is 10.7. The monoisotopic (exact) mass is 533 g/mol. The molecule has 4 amide bonds. The smallest absolute Gasteiger partial charge is 0.319 e. The van der Waals surface area contributed by atoms with Crippen molar-refractivity contribution in [3.05, 3.63) is 45.8 Å². The first kappa shape index (κ1) is 26.3. The molecule has 4 rings (SSSR count). The number of piperidine rings is 1. The molecule has 0 unspecified atom stereocenters. The molecule has 2 aliphatic heterocycles. The Labute approximate surface area is 214 Å². The van der Waals surface area contributed by atoms with Crippen LogP contribution in [-0.4, -0.2) is 61.6 Å². The van der Waals surface area contributed by atoms with Crippen molar-refractivity contribution in [2.24, 2.45) is 11.7 Å². The number of thiophene rings is 1. The molecule has 0 aliphatic carbocycles. The first-order valence-electron chi connectivity index (χ1n) is 12.0. The Bertz CT molecular complexity index is 1260. The number of urea groups is 1. The van der Waals surface area contributed by atoms with Crippen molar-refractivity contribution in [3.8, 4) is 0 Å². The molecule has 1 saturated heterocycles. The topological polar surface area (TPSA) is 142 Å². The van der Waals surface area contributed by atoms with Gasteiger partial charge >= 0.3 is 6.03 Å². The fourth-order valence-corrected chi connectivity index (χ4v) is 7.31. The summed E-state index contributed by atoms with van der Waals surface area (Å²) in [6, 6.07) is 4.82. The Morgan fingerprint density at radius 3 is 2.36 bits per heavy atom. The summed E-state index contributed by atoms with van der Waals surface area (Å²) in [4.78, 5) is 40.4. The van der Waals surface area contributed by atoms with Gasteiger partial charge in [-0.25, -0.2) is 13.2 Å². The number of hydrogen-bond acceptors (Lipinski definition) is 7. The number of rotatable bonds is 6. The molecule has 1 aromatic heterocycles. The molecule has 1 aromatic carbocycles. The molecule has 194 valence electrons. The highest BCUT2D eigenvalue weighted by molar-refractivity contribution is 7.89. The highest BCUT2D eigenvalue weighted by atomic mass is 32.2. The van der Waals surface area contributed by atoms with E-state index in [1.54, 1.807) is 0 Å². The van der Waals surface area contributed by atoms with Crippen LogP contribution in [0.1, 0.15) is 57.8 Å². The number of fused-ring (bicyclic) bond motifs is 1. The van der Waals surface area contributed by atoms with Crippen molar-refractivity contribution in [2.75, 3.05) is 31.5 Å². The maximum absolute atomic E-state index is 13.0. The Balaban J connectivity index is 1.55. The molecule has 2 aliphatic rings.